The lowest BCUT2D eigenvalue weighted by Crippen LogP contribution is -2.30. The third kappa shape index (κ3) is 5.24. The minimum atomic E-state index is -4.57. The van der Waals surface area contributed by atoms with Crippen LogP contribution < -0.4 is 16.6 Å². The molecule has 2 aromatic carbocycles. The summed E-state index contributed by atoms with van der Waals surface area (Å²) in [5.41, 5.74) is 6.15. The summed E-state index contributed by atoms with van der Waals surface area (Å²) in [7, 11) is 1.79. The van der Waals surface area contributed by atoms with Gasteiger partial charge in [-0.15, -0.1) is 0 Å². The highest BCUT2D eigenvalue weighted by atomic mass is 19.4. The average Bonchev–Trinajstić information content (AvgIpc) is 3.24. The lowest BCUT2D eigenvalue weighted by Gasteiger charge is -2.17. The molecule has 4 aromatic rings. The van der Waals surface area contributed by atoms with Crippen LogP contribution in [0.15, 0.2) is 71.7 Å². The zero-order chi connectivity index (χ0) is 25.3. The molecule has 1 atom stereocenters. The van der Waals surface area contributed by atoms with Gasteiger partial charge in [-0.05, 0) is 55.0 Å². The lowest BCUT2D eigenvalue weighted by atomic mass is 10.0. The Labute approximate surface area is 197 Å². The molecule has 3 N–H and O–H groups in total. The number of rotatable bonds is 5. The quantitative estimate of drug-likeness (QED) is 0.422. The summed E-state index contributed by atoms with van der Waals surface area (Å²) in [5, 5.41) is 11.1. The molecule has 0 fully saturated rings. The first-order valence-electron chi connectivity index (χ1n) is 10.5. The van der Waals surface area contributed by atoms with Crippen molar-refractivity contribution >= 4 is 11.6 Å². The van der Waals surface area contributed by atoms with Crippen molar-refractivity contribution < 1.29 is 18.0 Å². The number of nitrogens with two attached hydrogens (primary N) is 1. The highest BCUT2D eigenvalue weighted by molar-refractivity contribution is 5.92. The van der Waals surface area contributed by atoms with Crippen LogP contribution in [0.5, 0.6) is 0 Å². The molecule has 4 rings (SSSR count). The summed E-state index contributed by atoms with van der Waals surface area (Å²) in [6.45, 7) is 1.53. The summed E-state index contributed by atoms with van der Waals surface area (Å²) in [6, 6.07) is 13.5. The molecule has 0 unspecified atom stereocenters. The van der Waals surface area contributed by atoms with E-state index >= 15 is 0 Å². The maximum Gasteiger partial charge on any atom is 0.416 e. The summed E-state index contributed by atoms with van der Waals surface area (Å²) < 4.78 is 42.1. The van der Waals surface area contributed by atoms with Gasteiger partial charge in [0.05, 0.1) is 23.0 Å². The minimum Gasteiger partial charge on any atom is -0.399 e. The molecule has 0 aliphatic heterocycles. The van der Waals surface area contributed by atoms with E-state index in [0.717, 1.165) is 22.4 Å². The van der Waals surface area contributed by atoms with Crippen molar-refractivity contribution in [1.29, 1.82) is 0 Å². The largest absolute Gasteiger partial charge is 0.416 e. The lowest BCUT2D eigenvalue weighted by molar-refractivity contribution is -0.137. The standard InChI is InChI=1S/C24H21F3N6O2/c1-14(16-10-17(24(25,26)27)13-18(28)11-16)29-23(35)21-6-7-22(34)33(31-21)19-5-3-4-15(12-19)20-8-9-32(2)30-20/h3-14H,28H2,1-2H3,(H,29,35)/t14-/m1/s1. The van der Waals surface area contributed by atoms with E-state index in [1.54, 1.807) is 36.1 Å². The predicted octanol–water partition coefficient (Wildman–Crippen LogP) is 3.73. The maximum absolute atomic E-state index is 13.1. The Balaban J connectivity index is 1.60. The predicted molar refractivity (Wildman–Crippen MR) is 124 cm³/mol. The highest BCUT2D eigenvalue weighted by Crippen LogP contribution is 2.32. The molecule has 0 aliphatic carbocycles. The van der Waals surface area contributed by atoms with Gasteiger partial charge < -0.3 is 11.1 Å². The van der Waals surface area contributed by atoms with Crippen molar-refractivity contribution in [2.75, 3.05) is 5.73 Å². The molecule has 8 nitrogen and oxygen atoms in total. The van der Waals surface area contributed by atoms with E-state index in [4.69, 9.17) is 5.73 Å². The average molecular weight is 482 g/mol. The summed E-state index contributed by atoms with van der Waals surface area (Å²) in [4.78, 5) is 25.3. The van der Waals surface area contributed by atoms with E-state index in [2.05, 4.69) is 15.5 Å². The smallest absolute Gasteiger partial charge is 0.399 e. The molecule has 180 valence electrons. The molecule has 0 spiro atoms. The molecular weight excluding hydrogens is 461 g/mol. The molecule has 0 bridgehead atoms. The van der Waals surface area contributed by atoms with Crippen LogP contribution in [0.25, 0.3) is 16.9 Å². The SMILES string of the molecule is C[C@@H](NC(=O)c1ccc(=O)n(-c2cccc(-c3ccn(C)n3)c2)n1)c1cc(N)cc(C(F)(F)F)c1. The fourth-order valence-corrected chi connectivity index (χ4v) is 3.53. The molecule has 35 heavy (non-hydrogen) atoms. The summed E-state index contributed by atoms with van der Waals surface area (Å²) in [5.74, 6) is -0.664. The molecular formula is C24H21F3N6O2. The Morgan fingerprint density at radius 3 is 2.51 bits per heavy atom. The number of aromatic nitrogens is 4. The number of hydrogen-bond acceptors (Lipinski definition) is 5. The first-order valence-corrected chi connectivity index (χ1v) is 10.5. The molecule has 2 heterocycles. The monoisotopic (exact) mass is 482 g/mol. The Hall–Kier alpha value is -4.41. The van der Waals surface area contributed by atoms with Gasteiger partial charge in [-0.2, -0.15) is 28.1 Å². The van der Waals surface area contributed by atoms with E-state index < -0.39 is 29.2 Å². The second-order valence-corrected chi connectivity index (χ2v) is 7.97. The second kappa shape index (κ2) is 9.09. The van der Waals surface area contributed by atoms with Gasteiger partial charge in [0.2, 0.25) is 0 Å². The maximum atomic E-state index is 13.1. The van der Waals surface area contributed by atoms with Gasteiger partial charge in [0.1, 0.15) is 5.69 Å². The molecule has 11 heteroatoms. The number of carbonyl (C=O) groups excluding carboxylic acids is 1. The number of amides is 1. The van der Waals surface area contributed by atoms with Gasteiger partial charge in [0.25, 0.3) is 11.5 Å². The van der Waals surface area contributed by atoms with Crippen LogP contribution in [-0.4, -0.2) is 25.5 Å². The van der Waals surface area contributed by atoms with Gasteiger partial charge in [-0.25, -0.2) is 0 Å². The van der Waals surface area contributed by atoms with Gasteiger partial charge in [-0.3, -0.25) is 14.3 Å². The fourth-order valence-electron chi connectivity index (χ4n) is 3.53. The zero-order valence-corrected chi connectivity index (χ0v) is 18.7. The number of benzene rings is 2. The van der Waals surface area contributed by atoms with Crippen molar-refractivity contribution in [3.05, 3.63) is 94.0 Å². The number of alkyl halides is 3. The number of nitrogen functional groups attached to an aromatic ring is 1. The van der Waals surface area contributed by atoms with Crippen molar-refractivity contribution in [3.8, 4) is 16.9 Å². The third-order valence-corrected chi connectivity index (χ3v) is 5.29. The Morgan fingerprint density at radius 1 is 1.06 bits per heavy atom. The van der Waals surface area contributed by atoms with Crippen LogP contribution in [0.2, 0.25) is 0 Å². The number of nitrogens with zero attached hydrogens (tertiary/aromatic N) is 4. The number of anilines is 1. The molecule has 2 aromatic heterocycles. The van der Waals surface area contributed by atoms with Crippen LogP contribution >= 0.6 is 0 Å². The normalized spacial score (nSPS) is 12.4. The number of carbonyl (C=O) groups is 1. The van der Waals surface area contributed by atoms with Crippen LogP contribution in [0.3, 0.4) is 0 Å². The zero-order valence-electron chi connectivity index (χ0n) is 18.7. The first kappa shape index (κ1) is 23.7. The van der Waals surface area contributed by atoms with Gasteiger partial charge in [-0.1, -0.05) is 12.1 Å². The Morgan fingerprint density at radius 2 is 1.83 bits per heavy atom. The number of nitrogens with one attached hydrogen (secondary N) is 1. The van der Waals surface area contributed by atoms with E-state index in [9.17, 15) is 22.8 Å². The van der Waals surface area contributed by atoms with Crippen LogP contribution in [0.1, 0.15) is 34.6 Å². The van der Waals surface area contributed by atoms with E-state index in [-0.39, 0.29) is 16.9 Å². The molecule has 0 radical (unpaired) electrons. The molecule has 0 aliphatic rings. The van der Waals surface area contributed by atoms with Crippen LogP contribution in [-0.2, 0) is 13.2 Å². The van der Waals surface area contributed by atoms with E-state index in [0.29, 0.717) is 11.4 Å². The van der Waals surface area contributed by atoms with Crippen molar-refractivity contribution in [3.63, 3.8) is 0 Å². The van der Waals surface area contributed by atoms with Gasteiger partial charge in [0.15, 0.2) is 0 Å². The second-order valence-electron chi connectivity index (χ2n) is 7.97. The molecule has 0 saturated heterocycles. The summed E-state index contributed by atoms with van der Waals surface area (Å²) >= 11 is 0. The molecule has 1 amide bonds. The topological polar surface area (TPSA) is 108 Å². The minimum absolute atomic E-state index is 0.0737. The van der Waals surface area contributed by atoms with Crippen LogP contribution in [0.4, 0.5) is 18.9 Å². The van der Waals surface area contributed by atoms with Crippen molar-refractivity contribution in [1.82, 2.24) is 24.9 Å². The summed E-state index contributed by atoms with van der Waals surface area (Å²) in [6.07, 6.45) is -2.79. The molecule has 0 saturated carbocycles. The first-order chi connectivity index (χ1) is 16.5. The fraction of sp³-hybridized carbons (Fsp3) is 0.167. The number of aryl methyl sites for hydroxylation is 1. The van der Waals surface area contributed by atoms with E-state index in [1.807, 2.05) is 12.1 Å². The number of halogens is 3. The number of hydrogen-bond donors (Lipinski definition) is 2. The Bertz CT molecular complexity index is 1460. The van der Waals surface area contributed by atoms with Crippen molar-refractivity contribution in [2.24, 2.45) is 7.05 Å². The van der Waals surface area contributed by atoms with Gasteiger partial charge >= 0.3 is 6.18 Å². The van der Waals surface area contributed by atoms with E-state index in [1.165, 1.54) is 25.1 Å². The van der Waals surface area contributed by atoms with Gasteiger partial charge in [0, 0.05) is 30.6 Å². The highest BCUT2D eigenvalue weighted by Gasteiger charge is 2.31. The van der Waals surface area contributed by atoms with Crippen molar-refractivity contribution in [2.45, 2.75) is 19.1 Å². The van der Waals surface area contributed by atoms with Crippen LogP contribution in [0, 0.1) is 0 Å². The third-order valence-electron chi connectivity index (χ3n) is 5.29. The Kier molecular flexibility index (Phi) is 6.16.